The van der Waals surface area contributed by atoms with Crippen molar-refractivity contribution >= 4 is 11.7 Å². The number of carbonyl (C=O) groups is 1. The van der Waals surface area contributed by atoms with Crippen molar-refractivity contribution in [3.8, 4) is 0 Å². The van der Waals surface area contributed by atoms with Crippen LogP contribution in [0.15, 0.2) is 41.5 Å². The molecule has 226 valence electrons. The van der Waals surface area contributed by atoms with Gasteiger partial charge in [-0.2, -0.15) is 13.2 Å². The summed E-state index contributed by atoms with van der Waals surface area (Å²) >= 11 is 0. The van der Waals surface area contributed by atoms with Gasteiger partial charge in [0.25, 0.3) is 11.5 Å². The lowest BCUT2D eigenvalue weighted by Crippen LogP contribution is -2.52. The Bertz CT molecular complexity index is 1530. The van der Waals surface area contributed by atoms with Gasteiger partial charge in [0.2, 0.25) is 5.91 Å². The van der Waals surface area contributed by atoms with Crippen molar-refractivity contribution in [1.29, 1.82) is 0 Å². The first-order valence-electron chi connectivity index (χ1n) is 13.2. The van der Waals surface area contributed by atoms with E-state index in [-0.39, 0.29) is 24.5 Å². The number of alkyl halides is 5. The Morgan fingerprint density at radius 2 is 1.86 bits per heavy atom. The number of hydrogen-bond acceptors (Lipinski definition) is 5. The number of amides is 1. The molecule has 0 radical (unpaired) electrons. The lowest BCUT2D eigenvalue weighted by Gasteiger charge is -2.40. The van der Waals surface area contributed by atoms with E-state index in [0.717, 1.165) is 18.3 Å². The van der Waals surface area contributed by atoms with Crippen molar-refractivity contribution < 1.29 is 35.5 Å². The molecule has 8 nitrogen and oxygen atoms in total. The molecule has 1 saturated heterocycles. The van der Waals surface area contributed by atoms with Crippen molar-refractivity contribution in [2.24, 2.45) is 5.73 Å². The number of hydrogen-bond donors (Lipinski definition) is 3. The highest BCUT2D eigenvalue weighted by molar-refractivity contribution is 5.93. The molecule has 42 heavy (non-hydrogen) atoms. The van der Waals surface area contributed by atoms with E-state index in [9.17, 15) is 40.3 Å². The third-order valence-corrected chi connectivity index (χ3v) is 7.94. The van der Waals surface area contributed by atoms with Crippen LogP contribution in [0.1, 0.15) is 60.3 Å². The average Bonchev–Trinajstić information content (AvgIpc) is 3.47. The minimum Gasteiger partial charge on any atom is -0.329 e. The minimum atomic E-state index is -4.96. The lowest BCUT2D eigenvalue weighted by atomic mass is 9.86. The summed E-state index contributed by atoms with van der Waals surface area (Å²) in [6.45, 7) is 0.931. The number of halogens is 7. The summed E-state index contributed by atoms with van der Waals surface area (Å²) in [6, 6.07) is -0.00444. The molecule has 1 aromatic carbocycles. The molecule has 1 unspecified atom stereocenters. The van der Waals surface area contributed by atoms with Gasteiger partial charge in [0.15, 0.2) is 5.82 Å². The number of benzene rings is 1. The molecule has 2 aliphatic heterocycles. The number of imidazole rings is 1. The lowest BCUT2D eigenvalue weighted by molar-refractivity contribution is -0.149. The van der Waals surface area contributed by atoms with Crippen LogP contribution < -0.4 is 16.6 Å². The van der Waals surface area contributed by atoms with Crippen LogP contribution in [-0.2, 0) is 11.2 Å². The Hall–Kier alpha value is -3.72. The summed E-state index contributed by atoms with van der Waals surface area (Å²) in [5, 5.41) is 2.65. The van der Waals surface area contributed by atoms with Gasteiger partial charge in [-0.15, -0.1) is 0 Å². The molecule has 1 fully saturated rings. The highest BCUT2D eigenvalue weighted by atomic mass is 19.4. The molecule has 3 aromatic rings. The summed E-state index contributed by atoms with van der Waals surface area (Å²) in [7, 11) is 0. The van der Waals surface area contributed by atoms with E-state index in [1.54, 1.807) is 10.8 Å². The minimum absolute atomic E-state index is 0.175. The summed E-state index contributed by atoms with van der Waals surface area (Å²) in [5.74, 6) is -6.18. The largest absolute Gasteiger partial charge is 0.407 e. The van der Waals surface area contributed by atoms with Gasteiger partial charge in [0.1, 0.15) is 23.5 Å². The van der Waals surface area contributed by atoms with Crippen molar-refractivity contribution in [3.63, 3.8) is 0 Å². The van der Waals surface area contributed by atoms with E-state index >= 15 is 0 Å². The van der Waals surface area contributed by atoms with Crippen LogP contribution in [0.25, 0.3) is 0 Å². The summed E-state index contributed by atoms with van der Waals surface area (Å²) in [4.78, 5) is 33.0. The third-order valence-electron chi connectivity index (χ3n) is 7.94. The van der Waals surface area contributed by atoms with Gasteiger partial charge in [-0.1, -0.05) is 0 Å². The first kappa shape index (κ1) is 29.8. The average molecular weight is 601 g/mol. The Balaban J connectivity index is 1.31. The number of fused-ring (bicyclic) bond motifs is 1. The number of aromatic nitrogens is 3. The maximum Gasteiger partial charge on any atom is 0.407 e. The number of piperidine rings is 1. The zero-order valence-corrected chi connectivity index (χ0v) is 22.2. The molecule has 1 amide bonds. The molecule has 4 atom stereocenters. The van der Waals surface area contributed by atoms with E-state index in [1.807, 2.05) is 0 Å². The van der Waals surface area contributed by atoms with Gasteiger partial charge in [-0.3, -0.25) is 14.5 Å². The fourth-order valence-corrected chi connectivity index (χ4v) is 5.60. The molecule has 4 N–H and O–H groups in total. The van der Waals surface area contributed by atoms with Gasteiger partial charge in [-0.05, 0) is 42.7 Å². The first-order chi connectivity index (χ1) is 19.6. The second-order valence-corrected chi connectivity index (χ2v) is 10.7. The highest BCUT2D eigenvalue weighted by Crippen LogP contribution is 2.41. The number of anilines is 1. The summed E-state index contributed by atoms with van der Waals surface area (Å²) < 4.78 is 98.7. The fourth-order valence-electron chi connectivity index (χ4n) is 5.60. The summed E-state index contributed by atoms with van der Waals surface area (Å²) in [6.07, 6.45) is -2.11. The second kappa shape index (κ2) is 10.8. The highest BCUT2D eigenvalue weighted by Gasteiger charge is 2.47. The van der Waals surface area contributed by atoms with Crippen molar-refractivity contribution in [2.75, 3.05) is 18.4 Å². The number of pyridine rings is 1. The molecule has 2 aromatic heterocycles. The standard InChI is InChI=1S/C27H27F7N6O2/c1-13(24(41)38-21-12-40-20(2-3-22(40)37-21)14-6-16(28)9-17(29)7-14)39-5-4-26(30,31)19(11-39)15-8-18(25(42)36-10-15)23(35)27(32,33)34/h6-10,12-13,19-20,23H,2-5,11,35H2,1H3,(H,36,42)(H,38,41)/t13-,19-,20+,23?/m0/s1. The van der Waals surface area contributed by atoms with E-state index in [1.165, 1.54) is 24.0 Å². The predicted molar refractivity (Wildman–Crippen MR) is 137 cm³/mol. The molecule has 15 heteroatoms. The molecular formula is C27H27F7N6O2. The number of carbonyl (C=O) groups excluding carboxylic acids is 1. The van der Waals surface area contributed by atoms with Crippen LogP contribution in [0.2, 0.25) is 0 Å². The van der Waals surface area contributed by atoms with Crippen LogP contribution in [0.4, 0.5) is 36.6 Å². The van der Waals surface area contributed by atoms with E-state index in [4.69, 9.17) is 5.73 Å². The van der Waals surface area contributed by atoms with Crippen LogP contribution in [-0.4, -0.2) is 56.6 Å². The second-order valence-electron chi connectivity index (χ2n) is 10.7. The predicted octanol–water partition coefficient (Wildman–Crippen LogP) is 4.40. The zero-order chi connectivity index (χ0) is 30.6. The monoisotopic (exact) mass is 600 g/mol. The number of aromatic amines is 1. The van der Waals surface area contributed by atoms with Crippen LogP contribution in [0.5, 0.6) is 0 Å². The number of rotatable bonds is 6. The molecule has 5 rings (SSSR count). The normalized spacial score (nSPS) is 22.0. The number of nitrogens with two attached hydrogens (primary N) is 1. The van der Waals surface area contributed by atoms with Gasteiger partial charge < -0.3 is 20.6 Å². The molecule has 2 aliphatic rings. The zero-order valence-electron chi connectivity index (χ0n) is 22.2. The van der Waals surface area contributed by atoms with Gasteiger partial charge in [-0.25, -0.2) is 22.5 Å². The maximum atomic E-state index is 15.0. The third kappa shape index (κ3) is 5.79. The first-order valence-corrected chi connectivity index (χ1v) is 13.2. The van der Waals surface area contributed by atoms with Crippen molar-refractivity contribution in [3.05, 3.63) is 81.2 Å². The Labute approximate surface area is 234 Å². The quantitative estimate of drug-likeness (QED) is 0.364. The van der Waals surface area contributed by atoms with E-state index in [2.05, 4.69) is 15.3 Å². The summed E-state index contributed by atoms with van der Waals surface area (Å²) in [5.41, 5.74) is 3.33. The maximum absolute atomic E-state index is 15.0. The smallest absolute Gasteiger partial charge is 0.329 e. The van der Waals surface area contributed by atoms with Crippen molar-refractivity contribution in [2.45, 2.75) is 62.3 Å². The van der Waals surface area contributed by atoms with Crippen LogP contribution >= 0.6 is 0 Å². The number of likely N-dealkylation sites (tertiary alicyclic amines) is 1. The molecule has 0 aliphatic carbocycles. The van der Waals surface area contributed by atoms with E-state index in [0.29, 0.717) is 24.2 Å². The Kier molecular flexibility index (Phi) is 7.68. The Morgan fingerprint density at radius 3 is 2.52 bits per heavy atom. The van der Waals surface area contributed by atoms with Gasteiger partial charge in [0, 0.05) is 50.0 Å². The molecule has 0 bridgehead atoms. The van der Waals surface area contributed by atoms with Crippen LogP contribution in [0, 0.1) is 11.6 Å². The van der Waals surface area contributed by atoms with Crippen LogP contribution in [0.3, 0.4) is 0 Å². The molecule has 4 heterocycles. The number of nitrogens with one attached hydrogen (secondary N) is 2. The molecular weight excluding hydrogens is 573 g/mol. The van der Waals surface area contributed by atoms with Crippen molar-refractivity contribution in [1.82, 2.24) is 19.4 Å². The van der Waals surface area contributed by atoms with Gasteiger partial charge >= 0.3 is 6.18 Å². The number of H-pyrrole nitrogens is 1. The number of nitrogens with zero attached hydrogens (tertiary/aromatic N) is 3. The number of aryl methyl sites for hydroxylation is 1. The van der Waals surface area contributed by atoms with E-state index < -0.39 is 71.2 Å². The topological polar surface area (TPSA) is 109 Å². The van der Waals surface area contributed by atoms with Gasteiger partial charge in [0.05, 0.1) is 18.0 Å². The molecule has 0 spiro atoms. The SMILES string of the molecule is C[C@@H](C(=O)Nc1cn2c(n1)CC[C@@H]2c1cc(F)cc(F)c1)N1CCC(F)(F)[C@H](c2c[nH]c(=O)c(C(N)C(F)(F)F)c2)C1. The fraction of sp³-hybridized carbons (Fsp3) is 0.444. The molecule has 0 saturated carbocycles. The Morgan fingerprint density at radius 1 is 1.17 bits per heavy atom.